The summed E-state index contributed by atoms with van der Waals surface area (Å²) in [6, 6.07) is 3.80. The second-order valence-corrected chi connectivity index (χ2v) is 15.4. The Morgan fingerprint density at radius 2 is 1.62 bits per heavy atom. The maximum atomic E-state index is 14.6. The summed E-state index contributed by atoms with van der Waals surface area (Å²) >= 11 is 0. The lowest BCUT2D eigenvalue weighted by atomic mass is 9.87. The molecule has 0 bridgehead atoms. The molecule has 264 valence electrons. The van der Waals surface area contributed by atoms with E-state index >= 15 is 0 Å². The molecule has 48 heavy (non-hydrogen) atoms. The van der Waals surface area contributed by atoms with Crippen molar-refractivity contribution < 1.29 is 33.5 Å². The fraction of sp³-hybridized carbons (Fsp3) is 0.657. The number of carbonyl (C=O) groups is 6. The second kappa shape index (κ2) is 14.1. The summed E-state index contributed by atoms with van der Waals surface area (Å²) in [6.07, 6.45) is 1.34. The van der Waals surface area contributed by atoms with Crippen molar-refractivity contribution in [3.63, 3.8) is 0 Å². The first-order chi connectivity index (χ1) is 22.4. The zero-order valence-corrected chi connectivity index (χ0v) is 29.4. The molecule has 1 heterocycles. The van der Waals surface area contributed by atoms with Crippen molar-refractivity contribution >= 4 is 35.6 Å². The highest BCUT2D eigenvalue weighted by Gasteiger charge is 2.69. The van der Waals surface area contributed by atoms with Crippen LogP contribution in [-0.2, 0) is 36.8 Å². The lowest BCUT2D eigenvalue weighted by molar-refractivity contribution is -0.144. The number of nitrogens with one attached hydrogen (secondary N) is 3. The number of benzene rings is 1. The normalized spacial score (nSPS) is 22.8. The summed E-state index contributed by atoms with van der Waals surface area (Å²) in [5.74, 6) is -3.28. The Morgan fingerprint density at radius 1 is 1.02 bits per heavy atom. The van der Waals surface area contributed by atoms with E-state index in [1.54, 1.807) is 19.0 Å². The van der Waals surface area contributed by atoms with Gasteiger partial charge in [-0.3, -0.25) is 19.2 Å². The first-order valence-electron chi connectivity index (χ1n) is 16.8. The zero-order valence-electron chi connectivity index (χ0n) is 29.4. The van der Waals surface area contributed by atoms with E-state index in [9.17, 15) is 28.8 Å². The summed E-state index contributed by atoms with van der Waals surface area (Å²) in [5.41, 5.74) is 6.77. The summed E-state index contributed by atoms with van der Waals surface area (Å²) in [7, 11) is 3.14. The maximum Gasteiger partial charge on any atom is 0.409 e. The van der Waals surface area contributed by atoms with E-state index in [0.29, 0.717) is 25.8 Å². The summed E-state index contributed by atoms with van der Waals surface area (Å²) < 4.78 is 5.40. The minimum atomic E-state index is -1.13. The van der Waals surface area contributed by atoms with E-state index < -0.39 is 59.3 Å². The first-order valence-corrected chi connectivity index (χ1v) is 16.8. The number of ketones is 1. The number of urea groups is 1. The largest absolute Gasteiger partial charge is 0.447 e. The number of primary amides is 1. The molecule has 1 saturated carbocycles. The van der Waals surface area contributed by atoms with Crippen molar-refractivity contribution in [3.8, 4) is 0 Å². The van der Waals surface area contributed by atoms with Crippen LogP contribution in [0.25, 0.3) is 0 Å². The van der Waals surface area contributed by atoms with Gasteiger partial charge < -0.3 is 36.2 Å². The van der Waals surface area contributed by atoms with Crippen molar-refractivity contribution in [1.29, 1.82) is 0 Å². The van der Waals surface area contributed by atoms with E-state index in [4.69, 9.17) is 10.5 Å². The van der Waals surface area contributed by atoms with Gasteiger partial charge in [-0.2, -0.15) is 0 Å². The lowest BCUT2D eigenvalue weighted by Crippen LogP contribution is -2.61. The number of rotatable bonds is 12. The molecule has 0 spiro atoms. The Bertz CT molecular complexity index is 1410. The Kier molecular flexibility index (Phi) is 10.8. The van der Waals surface area contributed by atoms with Gasteiger partial charge in [0.05, 0.1) is 12.1 Å². The quantitative estimate of drug-likeness (QED) is 0.246. The molecular weight excluding hydrogens is 616 g/mol. The average Bonchev–Trinajstić information content (AvgIpc) is 3.36. The molecule has 6 atom stereocenters. The Balaban J connectivity index is 1.60. The Morgan fingerprint density at radius 3 is 2.15 bits per heavy atom. The molecule has 0 aromatic heterocycles. The number of nitrogens with two attached hydrogens (primary N) is 1. The summed E-state index contributed by atoms with van der Waals surface area (Å²) in [6.45, 7) is 11.9. The molecule has 1 aliphatic heterocycles. The third-order valence-electron chi connectivity index (χ3n) is 10.4. The van der Waals surface area contributed by atoms with Gasteiger partial charge in [0.15, 0.2) is 0 Å². The molecule has 6 amide bonds. The smallest absolute Gasteiger partial charge is 0.409 e. The highest BCUT2D eigenvalue weighted by Crippen LogP contribution is 2.65. The minimum Gasteiger partial charge on any atom is -0.447 e. The van der Waals surface area contributed by atoms with Crippen molar-refractivity contribution in [3.05, 3.63) is 35.4 Å². The molecule has 0 radical (unpaired) electrons. The van der Waals surface area contributed by atoms with Gasteiger partial charge in [0.25, 0.3) is 5.91 Å². The number of hydrogen-bond acceptors (Lipinski definition) is 7. The van der Waals surface area contributed by atoms with Crippen LogP contribution in [0.15, 0.2) is 24.3 Å². The highest BCUT2D eigenvalue weighted by atomic mass is 16.6. The predicted octanol–water partition coefficient (Wildman–Crippen LogP) is 2.00. The molecule has 4 rings (SSSR count). The molecule has 2 aliphatic carbocycles. The van der Waals surface area contributed by atoms with E-state index in [0.717, 1.165) is 11.1 Å². The average molecular weight is 669 g/mol. The van der Waals surface area contributed by atoms with Gasteiger partial charge in [-0.05, 0) is 59.0 Å². The van der Waals surface area contributed by atoms with Crippen molar-refractivity contribution in [2.75, 3.05) is 27.2 Å². The van der Waals surface area contributed by atoms with Crippen LogP contribution in [-0.4, -0.2) is 96.8 Å². The van der Waals surface area contributed by atoms with Crippen LogP contribution in [0.3, 0.4) is 0 Å². The number of amides is 6. The number of ether oxygens (including phenoxy) is 1. The number of hydrogen-bond donors (Lipinski definition) is 4. The summed E-state index contributed by atoms with van der Waals surface area (Å²) in [4.78, 5) is 81.5. The molecule has 13 heteroatoms. The molecule has 1 aromatic rings. The van der Waals surface area contributed by atoms with E-state index in [2.05, 4.69) is 29.8 Å². The Hall–Kier alpha value is -4.16. The van der Waals surface area contributed by atoms with Crippen LogP contribution in [0.2, 0.25) is 0 Å². The number of piperidine rings is 1. The lowest BCUT2D eigenvalue weighted by Gasteiger charge is -2.36. The molecule has 1 saturated heterocycles. The Labute approximate surface area is 283 Å². The van der Waals surface area contributed by atoms with Crippen LogP contribution in [0.5, 0.6) is 0 Å². The van der Waals surface area contributed by atoms with Gasteiger partial charge in [-0.1, -0.05) is 72.2 Å². The molecule has 2 fully saturated rings. The molecule has 3 aliphatic rings. The highest BCUT2D eigenvalue weighted by molar-refractivity contribution is 6.37. The van der Waals surface area contributed by atoms with Gasteiger partial charge in [-0.25, -0.2) is 9.59 Å². The first kappa shape index (κ1) is 36.7. The topological polar surface area (TPSA) is 180 Å². The van der Waals surface area contributed by atoms with E-state index in [-0.39, 0.29) is 42.1 Å². The zero-order chi connectivity index (χ0) is 35.7. The number of Topliss-reactive ketones (excluding diaryl/α,β-unsaturated/α-hetero) is 1. The van der Waals surface area contributed by atoms with Crippen LogP contribution in [0.4, 0.5) is 9.59 Å². The van der Waals surface area contributed by atoms with Gasteiger partial charge >= 0.3 is 12.1 Å². The SMILES string of the molecule is CCCC(NC(=O)[C@@H]1[C@@H]2[C@H](CN1C(=O)[C@@H](NC(=O)N[C@H](COC(=O)N(C)C)C(C)(C)C)C1Cc3ccccc3C1)C2(C)C)C(=O)C(N)=O. The van der Waals surface area contributed by atoms with Crippen LogP contribution < -0.4 is 21.7 Å². The van der Waals surface area contributed by atoms with Crippen molar-refractivity contribution in [2.45, 2.75) is 91.4 Å². The summed E-state index contributed by atoms with van der Waals surface area (Å²) in [5, 5.41) is 8.60. The van der Waals surface area contributed by atoms with Gasteiger partial charge in [-0.15, -0.1) is 0 Å². The fourth-order valence-electron chi connectivity index (χ4n) is 7.32. The van der Waals surface area contributed by atoms with Gasteiger partial charge in [0, 0.05) is 20.6 Å². The standard InChI is InChI=1S/C35H52N6O7/c1-9-12-23(28(42)29(36)43)37-30(44)27-25-22(35(25,5)6)17-41(27)31(45)26(21-15-19-13-10-11-14-20(19)16-21)39-32(46)38-24(34(2,3)4)18-48-33(47)40(7)8/h10-11,13-14,21-27H,9,12,15-18H2,1-8H3,(H2,36,43)(H,37,44)(H2,38,39,46)/t22-,23?,24+,25-,26-,27-/m0/s1. The second-order valence-electron chi connectivity index (χ2n) is 15.4. The van der Waals surface area contributed by atoms with Crippen LogP contribution >= 0.6 is 0 Å². The predicted molar refractivity (Wildman–Crippen MR) is 178 cm³/mol. The van der Waals surface area contributed by atoms with Crippen LogP contribution in [0.1, 0.15) is 65.5 Å². The molecule has 13 nitrogen and oxygen atoms in total. The molecule has 5 N–H and O–H groups in total. The number of carbonyl (C=O) groups excluding carboxylic acids is 6. The van der Waals surface area contributed by atoms with Crippen molar-refractivity contribution in [1.82, 2.24) is 25.8 Å². The van der Waals surface area contributed by atoms with E-state index in [1.165, 1.54) is 4.90 Å². The number of fused-ring (bicyclic) bond motifs is 2. The van der Waals surface area contributed by atoms with Crippen LogP contribution in [0, 0.1) is 28.6 Å². The molecule has 1 aromatic carbocycles. The maximum absolute atomic E-state index is 14.6. The third-order valence-corrected chi connectivity index (χ3v) is 10.4. The molecular formula is C35H52N6O7. The number of nitrogens with zero attached hydrogens (tertiary/aromatic N) is 2. The monoisotopic (exact) mass is 668 g/mol. The number of likely N-dealkylation sites (tertiary alicyclic amines) is 1. The van der Waals surface area contributed by atoms with Gasteiger partial charge in [0.1, 0.15) is 18.7 Å². The minimum absolute atomic E-state index is 0.0561. The van der Waals surface area contributed by atoms with Crippen molar-refractivity contribution in [2.24, 2.45) is 34.3 Å². The fourth-order valence-corrected chi connectivity index (χ4v) is 7.32. The van der Waals surface area contributed by atoms with E-state index in [1.807, 2.05) is 52.0 Å². The molecule has 1 unspecified atom stereocenters. The third kappa shape index (κ3) is 7.76. The van der Waals surface area contributed by atoms with Gasteiger partial charge in [0.2, 0.25) is 17.6 Å².